The van der Waals surface area contributed by atoms with E-state index in [4.69, 9.17) is 27.8 Å². The molecule has 0 bridgehead atoms. The lowest BCUT2D eigenvalue weighted by Crippen LogP contribution is -2.04. The zero-order valence-electron chi connectivity index (χ0n) is 12.3. The van der Waals surface area contributed by atoms with Crippen LogP contribution in [0.25, 0.3) is 5.69 Å². The van der Waals surface area contributed by atoms with Crippen LogP contribution in [0.5, 0.6) is 5.75 Å². The second-order valence-corrected chi connectivity index (χ2v) is 4.80. The average Bonchev–Trinajstić information content (AvgIpc) is 3.01. The van der Waals surface area contributed by atoms with E-state index < -0.39 is 6.61 Å². The Labute approximate surface area is 141 Å². The molecular formula is C14H14ClF2N5O2. The molecule has 1 aromatic heterocycles. The number of nitrogens with zero attached hydrogens (tertiary/aromatic N) is 3. The van der Waals surface area contributed by atoms with Crippen molar-refractivity contribution >= 4 is 11.6 Å². The summed E-state index contributed by atoms with van der Waals surface area (Å²) in [5.41, 5.74) is 11.7. The Morgan fingerprint density at radius 1 is 1.42 bits per heavy atom. The predicted octanol–water partition coefficient (Wildman–Crippen LogP) is 2.31. The second kappa shape index (κ2) is 8.16. The van der Waals surface area contributed by atoms with Crippen molar-refractivity contribution in [2.45, 2.75) is 13.2 Å². The summed E-state index contributed by atoms with van der Waals surface area (Å²) in [6.45, 7) is -2.90. The Hall–Kier alpha value is -2.81. The first-order valence-corrected chi connectivity index (χ1v) is 7.00. The molecule has 0 saturated heterocycles. The third-order valence-corrected chi connectivity index (χ3v) is 3.01. The molecule has 0 amide bonds. The number of allylic oxidation sites excluding steroid dienone is 2. The number of ether oxygens (including phenoxy) is 2. The summed E-state index contributed by atoms with van der Waals surface area (Å²) in [6.07, 6.45) is 5.87. The van der Waals surface area contributed by atoms with Crippen LogP contribution in [0.4, 0.5) is 8.78 Å². The molecule has 7 nitrogen and oxygen atoms in total. The molecular weight excluding hydrogens is 344 g/mol. The number of benzene rings is 1. The van der Waals surface area contributed by atoms with Crippen LogP contribution in [0, 0.1) is 0 Å². The van der Waals surface area contributed by atoms with Crippen molar-refractivity contribution in [1.29, 1.82) is 0 Å². The van der Waals surface area contributed by atoms with Gasteiger partial charge < -0.3 is 20.9 Å². The van der Waals surface area contributed by atoms with Crippen LogP contribution in [0.1, 0.15) is 5.69 Å². The maximum atomic E-state index is 12.3. The number of nitrogens with two attached hydrogens (primary N) is 2. The first kappa shape index (κ1) is 17.5. The predicted molar refractivity (Wildman–Crippen MR) is 83.4 cm³/mol. The first-order valence-electron chi connectivity index (χ1n) is 6.62. The molecule has 0 unspecified atom stereocenters. The van der Waals surface area contributed by atoms with Crippen molar-refractivity contribution in [1.82, 2.24) is 15.0 Å². The van der Waals surface area contributed by atoms with Gasteiger partial charge in [-0.15, -0.1) is 5.10 Å². The molecule has 0 aliphatic rings. The quantitative estimate of drug-likeness (QED) is 0.582. The lowest BCUT2D eigenvalue weighted by molar-refractivity contribution is -0.0497. The molecule has 1 heterocycles. The van der Waals surface area contributed by atoms with Gasteiger partial charge in [0.1, 0.15) is 18.1 Å². The Morgan fingerprint density at radius 3 is 2.92 bits per heavy atom. The molecule has 4 N–H and O–H groups in total. The van der Waals surface area contributed by atoms with Gasteiger partial charge in [-0.3, -0.25) is 0 Å². The van der Waals surface area contributed by atoms with E-state index in [1.165, 1.54) is 35.2 Å². The summed E-state index contributed by atoms with van der Waals surface area (Å²) in [5.74, 6) is 0.00331. The Morgan fingerprint density at radius 2 is 2.21 bits per heavy atom. The Bertz CT molecular complexity index is 749. The fourth-order valence-corrected chi connectivity index (χ4v) is 1.83. The molecule has 128 valence electrons. The van der Waals surface area contributed by atoms with E-state index in [1.807, 2.05) is 0 Å². The fraction of sp³-hybridized carbons (Fsp3) is 0.143. The van der Waals surface area contributed by atoms with Gasteiger partial charge in [-0.05, 0) is 30.5 Å². The third-order valence-electron chi connectivity index (χ3n) is 2.69. The monoisotopic (exact) mass is 357 g/mol. The highest BCUT2D eigenvalue weighted by molar-refractivity contribution is 6.32. The summed E-state index contributed by atoms with van der Waals surface area (Å²) in [5, 5.41) is 7.84. The lowest BCUT2D eigenvalue weighted by atomic mass is 10.3. The topological polar surface area (TPSA) is 101 Å². The van der Waals surface area contributed by atoms with Gasteiger partial charge in [0.2, 0.25) is 0 Å². The van der Waals surface area contributed by atoms with Crippen molar-refractivity contribution in [3.05, 3.63) is 59.3 Å². The summed E-state index contributed by atoms with van der Waals surface area (Å²) in [7, 11) is 0. The van der Waals surface area contributed by atoms with Gasteiger partial charge in [0.05, 0.1) is 16.9 Å². The van der Waals surface area contributed by atoms with Gasteiger partial charge in [-0.1, -0.05) is 16.8 Å². The lowest BCUT2D eigenvalue weighted by Gasteiger charge is -2.08. The van der Waals surface area contributed by atoms with Crippen LogP contribution in [0.3, 0.4) is 0 Å². The van der Waals surface area contributed by atoms with Crippen LogP contribution in [0.15, 0.2) is 48.6 Å². The number of alkyl halides is 2. The molecule has 1 aromatic carbocycles. The van der Waals surface area contributed by atoms with Crippen molar-refractivity contribution in [3.8, 4) is 11.4 Å². The van der Waals surface area contributed by atoms with Gasteiger partial charge >= 0.3 is 6.61 Å². The van der Waals surface area contributed by atoms with Crippen molar-refractivity contribution in [3.63, 3.8) is 0 Å². The molecule has 0 radical (unpaired) electrons. The zero-order valence-corrected chi connectivity index (χ0v) is 13.0. The average molecular weight is 358 g/mol. The van der Waals surface area contributed by atoms with Crippen molar-refractivity contribution in [2.24, 2.45) is 11.5 Å². The van der Waals surface area contributed by atoms with Crippen LogP contribution < -0.4 is 16.2 Å². The maximum absolute atomic E-state index is 12.3. The van der Waals surface area contributed by atoms with E-state index in [-0.39, 0.29) is 23.3 Å². The van der Waals surface area contributed by atoms with E-state index in [9.17, 15) is 8.78 Å². The van der Waals surface area contributed by atoms with Gasteiger partial charge in [-0.25, -0.2) is 4.68 Å². The van der Waals surface area contributed by atoms with E-state index in [1.54, 1.807) is 12.3 Å². The molecule has 0 fully saturated rings. The summed E-state index contributed by atoms with van der Waals surface area (Å²) >= 11 is 5.80. The minimum absolute atomic E-state index is 0.0635. The molecule has 24 heavy (non-hydrogen) atoms. The maximum Gasteiger partial charge on any atom is 0.387 e. The summed E-state index contributed by atoms with van der Waals surface area (Å²) in [4.78, 5) is 0. The van der Waals surface area contributed by atoms with Crippen LogP contribution in [-0.4, -0.2) is 21.6 Å². The Balaban J connectivity index is 2.10. The van der Waals surface area contributed by atoms with Crippen molar-refractivity contribution in [2.75, 3.05) is 0 Å². The summed E-state index contributed by atoms with van der Waals surface area (Å²) < 4.78 is 35.6. The highest BCUT2D eigenvalue weighted by atomic mass is 35.5. The van der Waals surface area contributed by atoms with Crippen LogP contribution in [0.2, 0.25) is 5.02 Å². The van der Waals surface area contributed by atoms with Gasteiger partial charge in [-0.2, -0.15) is 8.78 Å². The molecule has 10 heteroatoms. The van der Waals surface area contributed by atoms with E-state index >= 15 is 0 Å². The molecule has 0 aliphatic carbocycles. The van der Waals surface area contributed by atoms with Gasteiger partial charge in [0.25, 0.3) is 0 Å². The number of rotatable bonds is 7. The molecule has 2 rings (SSSR count). The zero-order chi connectivity index (χ0) is 17.5. The highest BCUT2D eigenvalue weighted by Crippen LogP contribution is 2.28. The molecule has 2 aromatic rings. The standard InChI is InChI=1S/C14H14ClF2N5O2/c15-11-4-3-10(6-12(11)24-14(16)17)22-7-9(20-21-22)8-23-13(19)2-1-5-18/h1-7,14H,8,18-19H2/b5-1-,13-2+. The largest absolute Gasteiger partial charge is 0.473 e. The van der Waals surface area contributed by atoms with Gasteiger partial charge in [0.15, 0.2) is 5.88 Å². The Kier molecular flexibility index (Phi) is 5.96. The molecule has 0 spiro atoms. The highest BCUT2D eigenvalue weighted by Gasteiger charge is 2.11. The number of halogens is 3. The van der Waals surface area contributed by atoms with E-state index in [0.717, 1.165) is 0 Å². The van der Waals surface area contributed by atoms with Crippen LogP contribution in [-0.2, 0) is 11.3 Å². The van der Waals surface area contributed by atoms with Crippen molar-refractivity contribution < 1.29 is 18.3 Å². The van der Waals surface area contributed by atoms with Crippen LogP contribution >= 0.6 is 11.6 Å². The first-order chi connectivity index (χ1) is 11.5. The van der Waals surface area contributed by atoms with E-state index in [0.29, 0.717) is 11.4 Å². The fourth-order valence-electron chi connectivity index (χ4n) is 1.67. The number of hydrogen-bond donors (Lipinski definition) is 2. The third kappa shape index (κ3) is 4.85. The molecule has 0 saturated carbocycles. The summed E-state index contributed by atoms with van der Waals surface area (Å²) in [6, 6.07) is 4.33. The minimum atomic E-state index is -2.98. The second-order valence-electron chi connectivity index (χ2n) is 4.39. The number of aromatic nitrogens is 3. The SMILES string of the molecule is N/C=C\C=C(/N)OCc1cn(-c2ccc(Cl)c(OC(F)F)c2)nn1. The smallest absolute Gasteiger partial charge is 0.387 e. The molecule has 0 atom stereocenters. The van der Waals surface area contributed by atoms with Gasteiger partial charge in [0, 0.05) is 6.07 Å². The normalized spacial score (nSPS) is 12.1. The molecule has 0 aliphatic heterocycles. The van der Waals surface area contributed by atoms with E-state index in [2.05, 4.69) is 15.0 Å². The minimum Gasteiger partial charge on any atom is -0.473 e. The number of hydrogen-bond acceptors (Lipinski definition) is 6.